The summed E-state index contributed by atoms with van der Waals surface area (Å²) in [6, 6.07) is 12.5. The van der Waals surface area contributed by atoms with Crippen LogP contribution in [0.2, 0.25) is 0 Å². The molecule has 0 radical (unpaired) electrons. The van der Waals surface area contributed by atoms with Gasteiger partial charge in [0.1, 0.15) is 0 Å². The lowest BCUT2D eigenvalue weighted by Crippen LogP contribution is -2.16. The van der Waals surface area contributed by atoms with Crippen LogP contribution < -0.4 is 9.64 Å². The number of hydrogen-bond donors (Lipinski definition) is 1. The number of aromatic carboxylic acids is 1. The highest BCUT2D eigenvalue weighted by molar-refractivity contribution is 5.91. The molecule has 1 N–H and O–H groups in total. The number of para-hydroxylation sites is 2. The molecule has 2 aromatic carbocycles. The van der Waals surface area contributed by atoms with Crippen LogP contribution in [0, 0.1) is 0 Å². The van der Waals surface area contributed by atoms with Gasteiger partial charge in [-0.25, -0.2) is 4.79 Å². The van der Waals surface area contributed by atoms with Crippen LogP contribution in [-0.4, -0.2) is 18.1 Å². The number of nitrogens with zero attached hydrogens (tertiary/aromatic N) is 1. The zero-order valence-electron chi connectivity index (χ0n) is 9.75. The molecule has 90 valence electrons. The van der Waals surface area contributed by atoms with Gasteiger partial charge in [0.25, 0.3) is 0 Å². The maximum absolute atomic E-state index is 11.0. The zero-order chi connectivity index (χ0) is 12.7. The molecule has 3 rings (SSSR count). The highest BCUT2D eigenvalue weighted by atomic mass is 16.5. The van der Waals surface area contributed by atoms with Crippen molar-refractivity contribution in [2.45, 2.75) is 0 Å². The van der Waals surface area contributed by atoms with E-state index in [4.69, 9.17) is 9.84 Å². The Hall–Kier alpha value is -2.49. The lowest BCUT2D eigenvalue weighted by atomic mass is 10.1. The minimum Gasteiger partial charge on any atom is -0.478 e. The van der Waals surface area contributed by atoms with E-state index in [0.717, 1.165) is 17.1 Å². The molecule has 0 atom stereocenters. The first-order chi connectivity index (χ1) is 8.66. The van der Waals surface area contributed by atoms with E-state index in [0.29, 0.717) is 5.75 Å². The van der Waals surface area contributed by atoms with Gasteiger partial charge < -0.3 is 14.7 Å². The molecule has 0 aliphatic carbocycles. The second-order valence-corrected chi connectivity index (χ2v) is 4.12. The van der Waals surface area contributed by atoms with Crippen molar-refractivity contribution < 1.29 is 14.6 Å². The maximum Gasteiger partial charge on any atom is 0.335 e. The predicted molar refractivity (Wildman–Crippen MR) is 68.0 cm³/mol. The fourth-order valence-electron chi connectivity index (χ4n) is 2.07. The number of rotatable bonds is 1. The summed E-state index contributed by atoms with van der Waals surface area (Å²) in [6.07, 6.45) is 0. The number of fused-ring (bicyclic) bond motifs is 2. The van der Waals surface area contributed by atoms with Crippen molar-refractivity contribution in [1.29, 1.82) is 0 Å². The molecule has 0 saturated heterocycles. The van der Waals surface area contributed by atoms with E-state index in [-0.39, 0.29) is 5.56 Å². The molecule has 18 heavy (non-hydrogen) atoms. The largest absolute Gasteiger partial charge is 0.478 e. The summed E-state index contributed by atoms with van der Waals surface area (Å²) >= 11 is 0. The number of ether oxygens (including phenoxy) is 1. The molecule has 4 nitrogen and oxygen atoms in total. The van der Waals surface area contributed by atoms with Crippen molar-refractivity contribution in [3.05, 3.63) is 48.0 Å². The number of carboxylic acid groups (broad SMARTS) is 1. The van der Waals surface area contributed by atoms with Crippen LogP contribution in [0.3, 0.4) is 0 Å². The summed E-state index contributed by atoms with van der Waals surface area (Å²) < 4.78 is 5.75. The van der Waals surface area contributed by atoms with Crippen molar-refractivity contribution in [2.24, 2.45) is 0 Å². The zero-order valence-corrected chi connectivity index (χ0v) is 9.75. The third kappa shape index (κ3) is 1.50. The molecule has 0 unspecified atom stereocenters. The van der Waals surface area contributed by atoms with E-state index < -0.39 is 5.97 Å². The van der Waals surface area contributed by atoms with Gasteiger partial charge >= 0.3 is 5.97 Å². The minimum absolute atomic E-state index is 0.253. The third-order valence-electron chi connectivity index (χ3n) is 3.01. The number of carbonyl (C=O) groups is 1. The van der Waals surface area contributed by atoms with Crippen LogP contribution in [0.1, 0.15) is 10.4 Å². The molecule has 0 amide bonds. The summed E-state index contributed by atoms with van der Waals surface area (Å²) in [5.41, 5.74) is 1.93. The Balaban J connectivity index is 2.14. The van der Waals surface area contributed by atoms with Crippen LogP contribution in [0.4, 0.5) is 11.4 Å². The molecular formula is C14H11NO3. The van der Waals surface area contributed by atoms with E-state index in [1.807, 2.05) is 36.2 Å². The Kier molecular flexibility index (Phi) is 2.23. The smallest absolute Gasteiger partial charge is 0.335 e. The van der Waals surface area contributed by atoms with Gasteiger partial charge in [-0.15, -0.1) is 0 Å². The van der Waals surface area contributed by atoms with E-state index in [2.05, 4.69) is 0 Å². The molecule has 4 heteroatoms. The van der Waals surface area contributed by atoms with Gasteiger partial charge in [-0.1, -0.05) is 12.1 Å². The van der Waals surface area contributed by atoms with Gasteiger partial charge in [-0.2, -0.15) is 0 Å². The summed E-state index contributed by atoms with van der Waals surface area (Å²) in [5.74, 6) is 0.502. The lowest BCUT2D eigenvalue weighted by Gasteiger charge is -2.29. The van der Waals surface area contributed by atoms with E-state index in [1.54, 1.807) is 18.2 Å². The predicted octanol–water partition coefficient (Wildman–Crippen LogP) is 3.26. The topological polar surface area (TPSA) is 49.8 Å². The molecule has 0 bridgehead atoms. The number of carboxylic acids is 1. The van der Waals surface area contributed by atoms with Crippen molar-refractivity contribution in [3.63, 3.8) is 0 Å². The van der Waals surface area contributed by atoms with Crippen LogP contribution in [-0.2, 0) is 0 Å². The normalized spacial score (nSPS) is 12.4. The monoisotopic (exact) mass is 241 g/mol. The van der Waals surface area contributed by atoms with E-state index >= 15 is 0 Å². The van der Waals surface area contributed by atoms with Gasteiger partial charge in [0.15, 0.2) is 11.5 Å². The molecule has 0 fully saturated rings. The first-order valence-electron chi connectivity index (χ1n) is 5.55. The van der Waals surface area contributed by atoms with Crippen LogP contribution in [0.15, 0.2) is 42.5 Å². The van der Waals surface area contributed by atoms with Gasteiger partial charge in [-0.05, 0) is 30.3 Å². The van der Waals surface area contributed by atoms with Gasteiger partial charge in [0.2, 0.25) is 0 Å². The number of benzene rings is 2. The third-order valence-corrected chi connectivity index (χ3v) is 3.01. The standard InChI is InChI=1S/C14H11NO3/c1-15-10-4-2-3-5-12(10)18-13-7-6-9(14(16)17)8-11(13)15/h2-8H,1H3,(H,16,17). The van der Waals surface area contributed by atoms with Crippen molar-refractivity contribution >= 4 is 17.3 Å². The molecule has 0 saturated carbocycles. The highest BCUT2D eigenvalue weighted by Crippen LogP contribution is 2.45. The summed E-state index contributed by atoms with van der Waals surface area (Å²) in [6.45, 7) is 0. The minimum atomic E-state index is -0.940. The lowest BCUT2D eigenvalue weighted by molar-refractivity contribution is 0.0697. The molecular weight excluding hydrogens is 230 g/mol. The van der Waals surface area contributed by atoms with Gasteiger partial charge in [-0.3, -0.25) is 0 Å². The van der Waals surface area contributed by atoms with Crippen molar-refractivity contribution in [1.82, 2.24) is 0 Å². The Morgan fingerprint density at radius 2 is 1.83 bits per heavy atom. The fraction of sp³-hybridized carbons (Fsp3) is 0.0714. The fourth-order valence-corrected chi connectivity index (χ4v) is 2.07. The Morgan fingerprint density at radius 3 is 2.61 bits per heavy atom. The van der Waals surface area contributed by atoms with Crippen LogP contribution >= 0.6 is 0 Å². The first-order valence-corrected chi connectivity index (χ1v) is 5.55. The van der Waals surface area contributed by atoms with Gasteiger partial charge in [0.05, 0.1) is 16.9 Å². The quantitative estimate of drug-likeness (QED) is 0.832. The van der Waals surface area contributed by atoms with E-state index in [1.165, 1.54) is 0 Å². The molecule has 0 aromatic heterocycles. The molecule has 1 aliphatic heterocycles. The second kappa shape index (κ2) is 3.77. The maximum atomic E-state index is 11.0. The van der Waals surface area contributed by atoms with E-state index in [9.17, 15) is 4.79 Å². The average Bonchev–Trinajstić information content (AvgIpc) is 2.38. The highest BCUT2D eigenvalue weighted by Gasteiger charge is 2.22. The molecule has 2 aromatic rings. The van der Waals surface area contributed by atoms with Crippen molar-refractivity contribution in [2.75, 3.05) is 11.9 Å². The average molecular weight is 241 g/mol. The Labute approximate surface area is 104 Å². The number of anilines is 2. The summed E-state index contributed by atoms with van der Waals surface area (Å²) in [4.78, 5) is 12.9. The SMILES string of the molecule is CN1c2ccccc2Oc2ccc(C(=O)O)cc21. The van der Waals surface area contributed by atoms with Crippen LogP contribution in [0.25, 0.3) is 0 Å². The second-order valence-electron chi connectivity index (χ2n) is 4.12. The summed E-state index contributed by atoms with van der Waals surface area (Å²) in [7, 11) is 1.89. The van der Waals surface area contributed by atoms with Crippen molar-refractivity contribution in [3.8, 4) is 11.5 Å². The Morgan fingerprint density at radius 1 is 1.11 bits per heavy atom. The van der Waals surface area contributed by atoms with Gasteiger partial charge in [0, 0.05) is 7.05 Å². The molecule has 0 spiro atoms. The molecule has 1 heterocycles. The Bertz CT molecular complexity index is 637. The summed E-state index contributed by atoms with van der Waals surface area (Å²) in [5, 5.41) is 9.01. The first kappa shape index (κ1) is 10.7. The number of hydrogen-bond acceptors (Lipinski definition) is 3. The van der Waals surface area contributed by atoms with Crippen LogP contribution in [0.5, 0.6) is 11.5 Å². The molecule has 1 aliphatic rings.